The van der Waals surface area contributed by atoms with Gasteiger partial charge in [-0.15, -0.1) is 0 Å². The van der Waals surface area contributed by atoms with Gasteiger partial charge in [0.2, 0.25) is 0 Å². The van der Waals surface area contributed by atoms with Gasteiger partial charge in [-0.25, -0.2) is 13.2 Å². The van der Waals surface area contributed by atoms with Gasteiger partial charge in [0.15, 0.2) is 0 Å². The second-order valence-electron chi connectivity index (χ2n) is 16.4. The zero-order valence-corrected chi connectivity index (χ0v) is 31.6. The van der Waals surface area contributed by atoms with Gasteiger partial charge in [0.05, 0.1) is 5.52 Å². The number of fused-ring (bicyclic) bond motifs is 1. The zero-order valence-electron chi connectivity index (χ0n) is 31.6. The van der Waals surface area contributed by atoms with Crippen LogP contribution in [0.5, 0.6) is 5.75 Å². The highest BCUT2D eigenvalue weighted by Crippen LogP contribution is 2.33. The maximum Gasteiger partial charge on any atom is 0.130 e. The Hall–Kier alpha value is -4.26. The number of aromatic hydroxyl groups is 1. The molecule has 0 radical (unpaired) electrons. The summed E-state index contributed by atoms with van der Waals surface area (Å²) in [5, 5.41) is 18.0. The van der Waals surface area contributed by atoms with Crippen molar-refractivity contribution in [2.75, 3.05) is 5.73 Å². The van der Waals surface area contributed by atoms with Gasteiger partial charge in [0.1, 0.15) is 23.2 Å². The Morgan fingerprint density at radius 3 is 1.41 bits per heavy atom. The molecule has 0 aliphatic rings. The Morgan fingerprint density at radius 1 is 0.551 bits per heavy atom. The third-order valence-corrected chi connectivity index (χ3v) is 7.79. The van der Waals surface area contributed by atoms with E-state index in [1.165, 1.54) is 41.3 Å². The maximum absolute atomic E-state index is 13.3. The summed E-state index contributed by atoms with van der Waals surface area (Å²) in [4.78, 5) is 0. The van der Waals surface area contributed by atoms with Crippen LogP contribution < -0.4 is 5.73 Å². The van der Waals surface area contributed by atoms with Crippen molar-refractivity contribution >= 4 is 16.6 Å². The van der Waals surface area contributed by atoms with Crippen LogP contribution >= 0.6 is 0 Å². The molecule has 266 valence electrons. The topological polar surface area (TPSA) is 74.9 Å². The number of nitrogens with zero attached hydrogens (tertiary/aromatic N) is 1. The zero-order chi connectivity index (χ0) is 37.5. The highest BCUT2D eigenvalue weighted by Gasteiger charge is 2.23. The van der Waals surface area contributed by atoms with E-state index in [0.717, 1.165) is 16.8 Å². The SMILES string of the molecule is CC(C)(C)c1c(N)cccc1F.CC(C)(C)c1c(O)cccc1F.CC(C)(C)c1ccccc1F.Cc1[nH]nc2cccc(C(C)(C)C)c12. The molecular weight excluding hydrogens is 619 g/mol. The number of phenols is 1. The first-order chi connectivity index (χ1) is 22.4. The minimum Gasteiger partial charge on any atom is -0.508 e. The third-order valence-electron chi connectivity index (χ3n) is 7.79. The molecule has 4 aromatic carbocycles. The Labute approximate surface area is 292 Å². The molecule has 0 unspecified atom stereocenters. The van der Waals surface area contributed by atoms with Gasteiger partial charge in [0, 0.05) is 27.9 Å². The molecule has 0 saturated carbocycles. The largest absolute Gasteiger partial charge is 0.508 e. The molecule has 1 aromatic heterocycles. The molecule has 4 nitrogen and oxygen atoms in total. The van der Waals surface area contributed by atoms with Gasteiger partial charge in [0.25, 0.3) is 0 Å². The van der Waals surface area contributed by atoms with E-state index >= 15 is 0 Å². The quantitative estimate of drug-likeness (QED) is 0.143. The number of rotatable bonds is 0. The molecule has 0 atom stereocenters. The number of hydrogen-bond donors (Lipinski definition) is 3. The number of H-pyrrole nitrogens is 1. The van der Waals surface area contributed by atoms with Crippen molar-refractivity contribution < 1.29 is 18.3 Å². The molecule has 49 heavy (non-hydrogen) atoms. The van der Waals surface area contributed by atoms with Crippen molar-refractivity contribution in [2.45, 2.75) is 112 Å². The molecule has 1 heterocycles. The second-order valence-corrected chi connectivity index (χ2v) is 16.4. The van der Waals surface area contributed by atoms with E-state index in [1.807, 2.05) is 80.5 Å². The lowest BCUT2D eigenvalue weighted by atomic mass is 9.84. The summed E-state index contributed by atoms with van der Waals surface area (Å²) >= 11 is 0. The monoisotopic (exact) mass is 675 g/mol. The van der Waals surface area contributed by atoms with Crippen molar-refractivity contribution in [3.63, 3.8) is 0 Å². The molecule has 7 heteroatoms. The van der Waals surface area contributed by atoms with Crippen molar-refractivity contribution in [3.05, 3.63) is 124 Å². The van der Waals surface area contributed by atoms with Gasteiger partial charge in [-0.2, -0.15) is 5.10 Å². The molecule has 0 aliphatic carbocycles. The van der Waals surface area contributed by atoms with Crippen LogP contribution in [0, 0.1) is 24.4 Å². The Kier molecular flexibility index (Phi) is 13.3. The predicted octanol–water partition coefficient (Wildman–Crippen LogP) is 11.8. The van der Waals surface area contributed by atoms with Gasteiger partial charge in [-0.05, 0) is 76.1 Å². The van der Waals surface area contributed by atoms with Crippen molar-refractivity contribution in [3.8, 4) is 5.75 Å². The first kappa shape index (κ1) is 40.9. The highest BCUT2D eigenvalue weighted by molar-refractivity contribution is 5.85. The van der Waals surface area contributed by atoms with E-state index in [2.05, 4.69) is 50.0 Å². The van der Waals surface area contributed by atoms with Crippen molar-refractivity contribution in [1.29, 1.82) is 0 Å². The number of nitrogen functional groups attached to an aromatic ring is 1. The molecule has 0 aliphatic heterocycles. The number of aromatic nitrogens is 2. The average Bonchev–Trinajstić information content (AvgIpc) is 3.32. The van der Waals surface area contributed by atoms with Crippen LogP contribution in [0.25, 0.3) is 10.9 Å². The van der Waals surface area contributed by atoms with Crippen LogP contribution in [-0.4, -0.2) is 15.3 Å². The van der Waals surface area contributed by atoms with E-state index in [-0.39, 0.29) is 44.9 Å². The number of halogens is 3. The molecule has 0 bridgehead atoms. The van der Waals surface area contributed by atoms with E-state index in [4.69, 9.17) is 5.73 Å². The number of phenolic OH excluding ortho intramolecular Hbond substituents is 1. The van der Waals surface area contributed by atoms with E-state index in [1.54, 1.807) is 18.2 Å². The standard InChI is InChI=1S/C12H16N2.C10H14FN.C10H13FO.C10H13F/c1-8-11-9(12(2,3)4)6-5-7-10(11)14-13-8;2*1-10(2,3)9-7(11)5-4-6-8(9)12;1-10(2,3)8-6-4-5-7-9(8)11/h5-7H,1-4H3,(H,13,14);4-6H,12H2,1-3H3;4-6,12H,1-3H3;4-7H,1-3H3. The van der Waals surface area contributed by atoms with Crippen LogP contribution in [-0.2, 0) is 21.7 Å². The molecular formula is C42H56F3N3O. The summed E-state index contributed by atoms with van der Waals surface area (Å²) < 4.78 is 39.5. The van der Waals surface area contributed by atoms with Crippen LogP contribution in [0.1, 0.15) is 111 Å². The van der Waals surface area contributed by atoms with Crippen LogP contribution in [0.3, 0.4) is 0 Å². The van der Waals surface area contributed by atoms with Gasteiger partial charge in [-0.1, -0.05) is 126 Å². The number of aryl methyl sites for hydroxylation is 1. The predicted molar refractivity (Wildman–Crippen MR) is 201 cm³/mol. The first-order valence-corrected chi connectivity index (χ1v) is 16.6. The number of nitrogens with two attached hydrogens (primary N) is 1. The highest BCUT2D eigenvalue weighted by atomic mass is 19.1. The minimum absolute atomic E-state index is 0.0301. The lowest BCUT2D eigenvalue weighted by molar-refractivity contribution is 0.429. The number of benzene rings is 4. The van der Waals surface area contributed by atoms with Gasteiger partial charge < -0.3 is 10.8 Å². The fraction of sp³-hybridized carbons (Fsp3) is 0.405. The normalized spacial score (nSPS) is 11.8. The molecule has 5 aromatic rings. The second kappa shape index (κ2) is 16.0. The number of hydrogen-bond acceptors (Lipinski definition) is 3. The van der Waals surface area contributed by atoms with E-state index in [0.29, 0.717) is 16.8 Å². The minimum atomic E-state index is -0.352. The Morgan fingerprint density at radius 2 is 1.00 bits per heavy atom. The molecule has 5 rings (SSSR count). The van der Waals surface area contributed by atoms with Crippen LogP contribution in [0.4, 0.5) is 18.9 Å². The van der Waals surface area contributed by atoms with E-state index in [9.17, 15) is 18.3 Å². The third kappa shape index (κ3) is 11.4. The van der Waals surface area contributed by atoms with Crippen molar-refractivity contribution in [1.82, 2.24) is 10.2 Å². The maximum atomic E-state index is 13.3. The molecule has 0 saturated heterocycles. The number of nitrogens with one attached hydrogen (secondary N) is 1. The fourth-order valence-electron chi connectivity index (χ4n) is 5.51. The van der Waals surface area contributed by atoms with Gasteiger partial charge >= 0.3 is 0 Å². The van der Waals surface area contributed by atoms with E-state index < -0.39 is 0 Å². The van der Waals surface area contributed by atoms with Crippen LogP contribution in [0.2, 0.25) is 0 Å². The molecule has 0 fully saturated rings. The number of aromatic amines is 1. The number of anilines is 1. The van der Waals surface area contributed by atoms with Crippen LogP contribution in [0.15, 0.2) is 78.9 Å². The first-order valence-electron chi connectivity index (χ1n) is 16.6. The summed E-state index contributed by atoms with van der Waals surface area (Å²) in [7, 11) is 0. The summed E-state index contributed by atoms with van der Waals surface area (Å²) in [6.45, 7) is 26.2. The fourth-order valence-corrected chi connectivity index (χ4v) is 5.51. The Balaban J connectivity index is 0.000000228. The summed E-state index contributed by atoms with van der Waals surface area (Å²) in [6, 6.07) is 22.4. The average molecular weight is 676 g/mol. The molecule has 4 N–H and O–H groups in total. The summed E-state index contributed by atoms with van der Waals surface area (Å²) in [5.41, 5.74) is 11.0. The molecule has 0 amide bonds. The molecule has 0 spiro atoms. The lowest BCUT2D eigenvalue weighted by Crippen LogP contribution is -2.16. The van der Waals surface area contributed by atoms with Crippen molar-refractivity contribution in [2.24, 2.45) is 0 Å². The summed E-state index contributed by atoms with van der Waals surface area (Å²) in [5.74, 6) is -0.646. The summed E-state index contributed by atoms with van der Waals surface area (Å²) in [6.07, 6.45) is 0. The van der Waals surface area contributed by atoms with Gasteiger partial charge in [-0.3, -0.25) is 5.10 Å². The Bertz CT molecular complexity index is 1710. The smallest absolute Gasteiger partial charge is 0.130 e. The lowest BCUT2D eigenvalue weighted by Gasteiger charge is -2.21.